The molecule has 5 nitrogen and oxygen atoms in total. The molecule has 4 rings (SSSR count). The Hall–Kier alpha value is -4.30. The van der Waals surface area contributed by atoms with Gasteiger partial charge in [0.2, 0.25) is 0 Å². The first-order valence-electron chi connectivity index (χ1n) is 9.88. The number of benzene rings is 3. The Morgan fingerprint density at radius 3 is 2.45 bits per heavy atom. The summed E-state index contributed by atoms with van der Waals surface area (Å²) in [6.07, 6.45) is 1.64. The standard InChI is InChI=1S/C26H21N3O2/c1-31-21-12-13-24-22(15-21)23(25(29-24)19-10-6-3-7-11-19)14-20(16-27)26(30)28-17-18-8-4-2-5-9-18/h2-15,29H,17H2,1H3,(H,28,30)/b20-14+. The van der Waals surface area contributed by atoms with E-state index in [1.807, 2.05) is 78.9 Å². The van der Waals surface area contributed by atoms with Gasteiger partial charge in [-0.15, -0.1) is 0 Å². The van der Waals surface area contributed by atoms with Crippen LogP contribution in [0.4, 0.5) is 0 Å². The number of nitrogens with zero attached hydrogens (tertiary/aromatic N) is 1. The molecule has 0 fully saturated rings. The number of ether oxygens (including phenoxy) is 1. The molecule has 1 aromatic heterocycles. The molecule has 0 saturated heterocycles. The molecule has 0 unspecified atom stereocenters. The van der Waals surface area contributed by atoms with E-state index in [4.69, 9.17) is 4.74 Å². The lowest BCUT2D eigenvalue weighted by Gasteiger charge is -2.06. The van der Waals surface area contributed by atoms with Gasteiger partial charge in [0.15, 0.2) is 0 Å². The second-order valence-corrected chi connectivity index (χ2v) is 7.03. The number of amides is 1. The number of methoxy groups -OCH3 is 1. The zero-order valence-corrected chi connectivity index (χ0v) is 17.1. The van der Waals surface area contributed by atoms with E-state index in [-0.39, 0.29) is 5.57 Å². The average Bonchev–Trinajstić information content (AvgIpc) is 3.19. The van der Waals surface area contributed by atoms with Crippen LogP contribution < -0.4 is 10.1 Å². The van der Waals surface area contributed by atoms with Gasteiger partial charge in [0.05, 0.1) is 12.8 Å². The first-order valence-corrected chi connectivity index (χ1v) is 9.88. The summed E-state index contributed by atoms with van der Waals surface area (Å²) < 4.78 is 5.38. The molecule has 152 valence electrons. The third-order valence-electron chi connectivity index (χ3n) is 5.06. The maximum Gasteiger partial charge on any atom is 0.262 e. The third kappa shape index (κ3) is 4.34. The number of aromatic amines is 1. The van der Waals surface area contributed by atoms with Crippen molar-refractivity contribution in [2.24, 2.45) is 0 Å². The van der Waals surface area contributed by atoms with Gasteiger partial charge in [-0.25, -0.2) is 0 Å². The first-order chi connectivity index (χ1) is 15.2. The lowest BCUT2D eigenvalue weighted by Crippen LogP contribution is -2.23. The summed E-state index contributed by atoms with van der Waals surface area (Å²) in [5, 5.41) is 13.4. The highest BCUT2D eigenvalue weighted by molar-refractivity contribution is 6.06. The number of H-pyrrole nitrogens is 1. The molecule has 0 radical (unpaired) electrons. The van der Waals surface area contributed by atoms with Crippen LogP contribution in [-0.2, 0) is 11.3 Å². The smallest absolute Gasteiger partial charge is 0.262 e. The molecule has 5 heteroatoms. The van der Waals surface area contributed by atoms with Crippen molar-refractivity contribution in [1.82, 2.24) is 10.3 Å². The van der Waals surface area contributed by atoms with E-state index in [1.165, 1.54) is 0 Å². The molecule has 3 aromatic carbocycles. The fourth-order valence-electron chi connectivity index (χ4n) is 3.47. The number of carbonyl (C=O) groups excluding carboxylic acids is 1. The zero-order chi connectivity index (χ0) is 21.6. The van der Waals surface area contributed by atoms with Gasteiger partial charge in [0.1, 0.15) is 17.4 Å². The predicted molar refractivity (Wildman–Crippen MR) is 122 cm³/mol. The molecule has 0 aliphatic heterocycles. The van der Waals surface area contributed by atoms with E-state index < -0.39 is 5.91 Å². The number of hydrogen-bond acceptors (Lipinski definition) is 3. The number of aromatic nitrogens is 1. The minimum atomic E-state index is -0.414. The van der Waals surface area contributed by atoms with Crippen LogP contribution in [0, 0.1) is 11.3 Å². The second-order valence-electron chi connectivity index (χ2n) is 7.03. The van der Waals surface area contributed by atoms with Crippen LogP contribution in [0.2, 0.25) is 0 Å². The van der Waals surface area contributed by atoms with E-state index >= 15 is 0 Å². The zero-order valence-electron chi connectivity index (χ0n) is 17.1. The van der Waals surface area contributed by atoms with E-state index in [2.05, 4.69) is 16.4 Å². The Morgan fingerprint density at radius 2 is 1.77 bits per heavy atom. The lowest BCUT2D eigenvalue weighted by molar-refractivity contribution is -0.117. The van der Waals surface area contributed by atoms with Gasteiger partial charge in [-0.1, -0.05) is 60.7 Å². The Labute approximate surface area is 180 Å². The molecule has 2 N–H and O–H groups in total. The van der Waals surface area contributed by atoms with Crippen LogP contribution in [0.25, 0.3) is 28.2 Å². The summed E-state index contributed by atoms with van der Waals surface area (Å²) in [5.74, 6) is 0.287. The number of carbonyl (C=O) groups is 1. The molecule has 0 aliphatic carbocycles. The third-order valence-corrected chi connectivity index (χ3v) is 5.06. The van der Waals surface area contributed by atoms with Gasteiger partial charge >= 0.3 is 0 Å². The van der Waals surface area contributed by atoms with Crippen LogP contribution in [0.3, 0.4) is 0 Å². The van der Waals surface area contributed by atoms with Gasteiger partial charge in [-0.2, -0.15) is 5.26 Å². The number of nitrogens with one attached hydrogen (secondary N) is 2. The Kier molecular flexibility index (Phi) is 5.82. The molecule has 0 saturated carbocycles. The molecule has 0 atom stereocenters. The van der Waals surface area contributed by atoms with E-state index in [0.29, 0.717) is 12.3 Å². The summed E-state index contributed by atoms with van der Waals surface area (Å²) in [7, 11) is 1.61. The fourth-order valence-corrected chi connectivity index (χ4v) is 3.47. The Balaban J connectivity index is 1.76. The van der Waals surface area contributed by atoms with Gasteiger partial charge in [-0.05, 0) is 35.4 Å². The highest BCUT2D eigenvalue weighted by Crippen LogP contribution is 2.34. The quantitative estimate of drug-likeness (QED) is 0.346. The van der Waals surface area contributed by atoms with Crippen LogP contribution in [-0.4, -0.2) is 18.0 Å². The van der Waals surface area contributed by atoms with Gasteiger partial charge in [0, 0.05) is 23.0 Å². The van der Waals surface area contributed by atoms with Crippen molar-refractivity contribution in [2.45, 2.75) is 6.54 Å². The highest BCUT2D eigenvalue weighted by atomic mass is 16.5. The summed E-state index contributed by atoms with van der Waals surface area (Å²) in [6.45, 7) is 0.353. The number of nitriles is 1. The Morgan fingerprint density at radius 1 is 1.06 bits per heavy atom. The molecule has 31 heavy (non-hydrogen) atoms. The second kappa shape index (κ2) is 9.02. The molecule has 0 bridgehead atoms. The maximum atomic E-state index is 12.7. The van der Waals surface area contributed by atoms with Gasteiger partial charge < -0.3 is 15.0 Å². The maximum absolute atomic E-state index is 12.7. The molecule has 1 heterocycles. The van der Waals surface area contributed by atoms with Crippen molar-refractivity contribution < 1.29 is 9.53 Å². The van der Waals surface area contributed by atoms with Crippen molar-refractivity contribution in [3.8, 4) is 23.1 Å². The van der Waals surface area contributed by atoms with Crippen LogP contribution in [0.1, 0.15) is 11.1 Å². The monoisotopic (exact) mass is 407 g/mol. The van der Waals surface area contributed by atoms with Crippen molar-refractivity contribution in [2.75, 3.05) is 7.11 Å². The molecular formula is C26H21N3O2. The van der Waals surface area contributed by atoms with Crippen molar-refractivity contribution in [3.63, 3.8) is 0 Å². The summed E-state index contributed by atoms with van der Waals surface area (Å²) in [6, 6.07) is 27.2. The highest BCUT2D eigenvalue weighted by Gasteiger charge is 2.16. The summed E-state index contributed by atoms with van der Waals surface area (Å²) in [4.78, 5) is 16.2. The normalized spacial score (nSPS) is 11.2. The van der Waals surface area contributed by atoms with E-state index in [9.17, 15) is 10.1 Å². The van der Waals surface area contributed by atoms with Crippen molar-refractivity contribution >= 4 is 22.9 Å². The van der Waals surface area contributed by atoms with E-state index in [1.54, 1.807) is 13.2 Å². The molecule has 0 spiro atoms. The molecule has 0 aliphatic rings. The molecular weight excluding hydrogens is 386 g/mol. The first kappa shape index (κ1) is 20.0. The molecule has 1 amide bonds. The lowest BCUT2D eigenvalue weighted by atomic mass is 10.0. The predicted octanol–water partition coefficient (Wildman–Crippen LogP) is 5.07. The van der Waals surface area contributed by atoms with Gasteiger partial charge in [-0.3, -0.25) is 4.79 Å². The average molecular weight is 407 g/mol. The number of fused-ring (bicyclic) bond motifs is 1. The Bertz CT molecular complexity index is 1280. The van der Waals surface area contributed by atoms with Gasteiger partial charge in [0.25, 0.3) is 5.91 Å². The minimum Gasteiger partial charge on any atom is -0.497 e. The number of rotatable bonds is 6. The van der Waals surface area contributed by atoms with E-state index in [0.717, 1.165) is 33.3 Å². The molecule has 4 aromatic rings. The topological polar surface area (TPSA) is 77.9 Å². The summed E-state index contributed by atoms with van der Waals surface area (Å²) >= 11 is 0. The van der Waals surface area contributed by atoms with Crippen LogP contribution in [0.15, 0.2) is 84.4 Å². The van der Waals surface area contributed by atoms with Crippen LogP contribution in [0.5, 0.6) is 5.75 Å². The van der Waals surface area contributed by atoms with Crippen LogP contribution >= 0.6 is 0 Å². The van der Waals surface area contributed by atoms with Crippen molar-refractivity contribution in [3.05, 3.63) is 95.6 Å². The largest absolute Gasteiger partial charge is 0.497 e. The SMILES string of the molecule is COc1ccc2[nH]c(-c3ccccc3)c(/C=C(\C#N)C(=O)NCc3ccccc3)c2c1. The minimum absolute atomic E-state index is 0.0387. The fraction of sp³-hybridized carbons (Fsp3) is 0.0769. The summed E-state index contributed by atoms with van der Waals surface area (Å²) in [5.41, 5.74) is 4.48. The van der Waals surface area contributed by atoms with Crippen molar-refractivity contribution in [1.29, 1.82) is 5.26 Å². The number of hydrogen-bond donors (Lipinski definition) is 2.